The van der Waals surface area contributed by atoms with Crippen molar-refractivity contribution in [3.8, 4) is 0 Å². The number of nitrogens with one attached hydrogen (secondary N) is 1. The lowest BCUT2D eigenvalue weighted by Crippen LogP contribution is -2.13. The molecule has 17 heavy (non-hydrogen) atoms. The Morgan fingerprint density at radius 3 is 2.35 bits per heavy atom. The molecule has 0 saturated heterocycles. The molecule has 1 aromatic heterocycles. The van der Waals surface area contributed by atoms with Gasteiger partial charge in [0.1, 0.15) is 0 Å². The maximum absolute atomic E-state index is 3.53. The van der Waals surface area contributed by atoms with E-state index in [-0.39, 0.29) is 0 Å². The van der Waals surface area contributed by atoms with Crippen molar-refractivity contribution in [2.24, 2.45) is 0 Å². The summed E-state index contributed by atoms with van der Waals surface area (Å²) in [5.41, 5.74) is 0. The third kappa shape index (κ3) is 7.56. The minimum Gasteiger partial charge on any atom is -0.312 e. The van der Waals surface area contributed by atoms with E-state index in [2.05, 4.69) is 31.3 Å². The Labute approximate surface area is 111 Å². The fourth-order valence-electron chi connectivity index (χ4n) is 2.00. The first-order valence-electron chi connectivity index (χ1n) is 7.09. The van der Waals surface area contributed by atoms with Crippen LogP contribution in [0.3, 0.4) is 0 Å². The third-order valence-corrected chi connectivity index (χ3v) is 4.05. The number of rotatable bonds is 10. The average molecular weight is 253 g/mol. The zero-order valence-corrected chi connectivity index (χ0v) is 12.2. The van der Waals surface area contributed by atoms with Crippen LogP contribution in [0, 0.1) is 6.92 Å². The van der Waals surface area contributed by atoms with Crippen LogP contribution in [0.4, 0.5) is 0 Å². The van der Waals surface area contributed by atoms with Crippen molar-refractivity contribution >= 4 is 11.3 Å². The predicted octanol–water partition coefficient (Wildman–Crippen LogP) is 4.90. The highest BCUT2D eigenvalue weighted by Crippen LogP contribution is 2.14. The molecule has 0 bridgehead atoms. The monoisotopic (exact) mass is 253 g/mol. The second-order valence-corrected chi connectivity index (χ2v) is 6.18. The lowest BCUT2D eigenvalue weighted by molar-refractivity contribution is 0.564. The van der Waals surface area contributed by atoms with Crippen molar-refractivity contribution in [3.63, 3.8) is 0 Å². The standard InChI is InChI=1S/C15H27NS/c1-3-4-5-6-7-8-9-12-16-13-15-11-10-14(2)17-15/h10-11,16H,3-9,12-13H2,1-2H3. The van der Waals surface area contributed by atoms with Crippen LogP contribution in [0.15, 0.2) is 12.1 Å². The molecule has 2 heteroatoms. The molecule has 1 N–H and O–H groups in total. The Balaban J connectivity index is 1.84. The molecule has 0 fully saturated rings. The van der Waals surface area contributed by atoms with Crippen LogP contribution >= 0.6 is 11.3 Å². The van der Waals surface area contributed by atoms with E-state index < -0.39 is 0 Å². The van der Waals surface area contributed by atoms with Crippen LogP contribution in [0.5, 0.6) is 0 Å². The van der Waals surface area contributed by atoms with Crippen molar-refractivity contribution in [1.29, 1.82) is 0 Å². The number of hydrogen-bond acceptors (Lipinski definition) is 2. The van der Waals surface area contributed by atoms with E-state index in [0.717, 1.165) is 6.54 Å². The van der Waals surface area contributed by atoms with Crippen LogP contribution in [-0.2, 0) is 6.54 Å². The molecule has 0 saturated carbocycles. The van der Waals surface area contributed by atoms with Gasteiger partial charge in [0.15, 0.2) is 0 Å². The van der Waals surface area contributed by atoms with Gasteiger partial charge in [-0.15, -0.1) is 11.3 Å². The molecular formula is C15H27NS. The normalized spacial score (nSPS) is 10.9. The highest BCUT2D eigenvalue weighted by molar-refractivity contribution is 7.11. The molecule has 1 nitrogen and oxygen atoms in total. The molecule has 0 radical (unpaired) electrons. The predicted molar refractivity (Wildman–Crippen MR) is 78.8 cm³/mol. The molecule has 1 aromatic rings. The van der Waals surface area contributed by atoms with Crippen LogP contribution in [0.1, 0.15) is 61.6 Å². The zero-order chi connectivity index (χ0) is 12.3. The minimum atomic E-state index is 1.05. The van der Waals surface area contributed by atoms with E-state index >= 15 is 0 Å². The Hall–Kier alpha value is -0.340. The number of aryl methyl sites for hydroxylation is 1. The molecule has 0 amide bonds. The molecule has 0 spiro atoms. The van der Waals surface area contributed by atoms with Crippen LogP contribution < -0.4 is 5.32 Å². The minimum absolute atomic E-state index is 1.05. The van der Waals surface area contributed by atoms with E-state index in [0.29, 0.717) is 0 Å². The van der Waals surface area contributed by atoms with Crippen molar-refractivity contribution in [1.82, 2.24) is 5.32 Å². The summed E-state index contributed by atoms with van der Waals surface area (Å²) < 4.78 is 0. The molecule has 98 valence electrons. The topological polar surface area (TPSA) is 12.0 Å². The van der Waals surface area contributed by atoms with Gasteiger partial charge in [0.25, 0.3) is 0 Å². The molecule has 1 heterocycles. The van der Waals surface area contributed by atoms with Crippen molar-refractivity contribution in [3.05, 3.63) is 21.9 Å². The van der Waals surface area contributed by atoms with E-state index in [1.54, 1.807) is 0 Å². The SMILES string of the molecule is CCCCCCCCCNCc1ccc(C)s1. The zero-order valence-electron chi connectivity index (χ0n) is 11.4. The van der Waals surface area contributed by atoms with Crippen molar-refractivity contribution in [2.75, 3.05) is 6.54 Å². The maximum Gasteiger partial charge on any atom is 0.0299 e. The highest BCUT2D eigenvalue weighted by atomic mass is 32.1. The summed E-state index contributed by atoms with van der Waals surface area (Å²) >= 11 is 1.90. The lowest BCUT2D eigenvalue weighted by Gasteiger charge is -2.03. The summed E-state index contributed by atoms with van der Waals surface area (Å²) in [5, 5.41) is 3.53. The molecule has 0 aliphatic carbocycles. The Morgan fingerprint density at radius 1 is 1.00 bits per heavy atom. The van der Waals surface area contributed by atoms with Gasteiger partial charge in [0.05, 0.1) is 0 Å². The summed E-state index contributed by atoms with van der Waals surface area (Å²) in [7, 11) is 0. The molecule has 1 rings (SSSR count). The summed E-state index contributed by atoms with van der Waals surface area (Å²) in [4.78, 5) is 2.88. The summed E-state index contributed by atoms with van der Waals surface area (Å²) in [5.74, 6) is 0. The van der Waals surface area contributed by atoms with Crippen molar-refractivity contribution in [2.45, 2.75) is 65.3 Å². The first-order valence-corrected chi connectivity index (χ1v) is 7.90. The fourth-order valence-corrected chi connectivity index (χ4v) is 2.86. The largest absolute Gasteiger partial charge is 0.312 e. The fraction of sp³-hybridized carbons (Fsp3) is 0.733. The van der Waals surface area contributed by atoms with E-state index in [4.69, 9.17) is 0 Å². The Morgan fingerprint density at radius 2 is 1.71 bits per heavy atom. The molecular weight excluding hydrogens is 226 g/mol. The van der Waals surface area contributed by atoms with E-state index in [1.807, 2.05) is 11.3 Å². The van der Waals surface area contributed by atoms with Gasteiger partial charge in [-0.2, -0.15) is 0 Å². The quantitative estimate of drug-likeness (QED) is 0.585. The van der Waals surface area contributed by atoms with Crippen LogP contribution in [0.25, 0.3) is 0 Å². The van der Waals surface area contributed by atoms with Gasteiger partial charge in [0, 0.05) is 16.3 Å². The van der Waals surface area contributed by atoms with Gasteiger partial charge in [0.2, 0.25) is 0 Å². The van der Waals surface area contributed by atoms with Gasteiger partial charge >= 0.3 is 0 Å². The third-order valence-electron chi connectivity index (χ3n) is 3.05. The first kappa shape index (κ1) is 14.7. The Kier molecular flexibility index (Phi) is 8.37. The van der Waals surface area contributed by atoms with Gasteiger partial charge in [-0.1, -0.05) is 45.4 Å². The average Bonchev–Trinajstić information content (AvgIpc) is 2.73. The second-order valence-electron chi connectivity index (χ2n) is 4.81. The second kappa shape index (κ2) is 9.67. The number of unbranched alkanes of at least 4 members (excludes halogenated alkanes) is 6. The maximum atomic E-state index is 3.53. The molecule has 0 aliphatic rings. The Bertz CT molecular complexity index is 280. The molecule has 0 unspecified atom stereocenters. The number of thiophene rings is 1. The van der Waals surface area contributed by atoms with Gasteiger partial charge in [-0.05, 0) is 32.0 Å². The van der Waals surface area contributed by atoms with E-state index in [9.17, 15) is 0 Å². The smallest absolute Gasteiger partial charge is 0.0299 e. The number of hydrogen-bond donors (Lipinski definition) is 1. The van der Waals surface area contributed by atoms with Crippen LogP contribution in [-0.4, -0.2) is 6.54 Å². The summed E-state index contributed by atoms with van der Waals surface area (Å²) in [6.45, 7) is 6.67. The lowest BCUT2D eigenvalue weighted by atomic mass is 10.1. The van der Waals surface area contributed by atoms with Gasteiger partial charge in [-0.3, -0.25) is 0 Å². The van der Waals surface area contributed by atoms with Gasteiger partial charge < -0.3 is 5.32 Å². The molecule has 0 atom stereocenters. The van der Waals surface area contributed by atoms with Gasteiger partial charge in [-0.25, -0.2) is 0 Å². The van der Waals surface area contributed by atoms with Crippen molar-refractivity contribution < 1.29 is 0 Å². The highest BCUT2D eigenvalue weighted by Gasteiger charge is 1.95. The first-order chi connectivity index (χ1) is 8.33. The summed E-state index contributed by atoms with van der Waals surface area (Å²) in [6, 6.07) is 4.44. The van der Waals surface area contributed by atoms with E-state index in [1.165, 1.54) is 61.2 Å². The van der Waals surface area contributed by atoms with Crippen LogP contribution in [0.2, 0.25) is 0 Å². The summed E-state index contributed by atoms with van der Waals surface area (Å²) in [6.07, 6.45) is 9.75. The molecule has 0 aromatic carbocycles. The molecule has 0 aliphatic heterocycles.